The third-order valence-corrected chi connectivity index (χ3v) is 4.81. The lowest BCUT2D eigenvalue weighted by Gasteiger charge is -2.26. The highest BCUT2D eigenvalue weighted by atomic mass is 16.6. The average Bonchev–Trinajstić information content (AvgIpc) is 3.16. The summed E-state index contributed by atoms with van der Waals surface area (Å²) in [5.41, 5.74) is 2.50. The van der Waals surface area contributed by atoms with Crippen LogP contribution >= 0.6 is 0 Å². The van der Waals surface area contributed by atoms with Gasteiger partial charge in [-0.05, 0) is 37.2 Å². The van der Waals surface area contributed by atoms with Crippen LogP contribution in [0.15, 0.2) is 46.9 Å². The van der Waals surface area contributed by atoms with Crippen LogP contribution < -0.4 is 5.32 Å². The fourth-order valence-corrected chi connectivity index (χ4v) is 3.31. The van der Waals surface area contributed by atoms with E-state index in [1.54, 1.807) is 12.1 Å². The minimum absolute atomic E-state index is 0.0196. The normalized spacial score (nSPS) is 15.0. The first-order valence-corrected chi connectivity index (χ1v) is 9.39. The van der Waals surface area contributed by atoms with Crippen LogP contribution in [0.5, 0.6) is 0 Å². The van der Waals surface area contributed by atoms with Crippen LogP contribution in [-0.4, -0.2) is 54.2 Å². The Labute approximate surface area is 162 Å². The van der Waals surface area contributed by atoms with Gasteiger partial charge in [0.15, 0.2) is 5.58 Å². The minimum atomic E-state index is -0.379. The van der Waals surface area contributed by atoms with Crippen LogP contribution in [0.3, 0.4) is 0 Å². The first-order chi connectivity index (χ1) is 13.7. The van der Waals surface area contributed by atoms with Crippen molar-refractivity contribution in [3.63, 3.8) is 0 Å². The van der Waals surface area contributed by atoms with Crippen LogP contribution in [0.25, 0.3) is 22.6 Å². The van der Waals surface area contributed by atoms with Crippen molar-refractivity contribution in [2.45, 2.75) is 6.42 Å². The lowest BCUT2D eigenvalue weighted by molar-refractivity contribution is -0.383. The molecule has 8 heteroatoms. The molecule has 2 aromatic carbocycles. The van der Waals surface area contributed by atoms with Gasteiger partial charge >= 0.3 is 0 Å². The summed E-state index contributed by atoms with van der Waals surface area (Å²) in [4.78, 5) is 17.9. The Balaban J connectivity index is 1.45. The predicted molar refractivity (Wildman–Crippen MR) is 106 cm³/mol. The van der Waals surface area contributed by atoms with E-state index < -0.39 is 0 Å². The standard InChI is InChI=1S/C20H22N4O4/c25-24(26)18-14-15(20-22-17-4-1-2-5-19(17)28-20)6-7-16(18)21-8-3-9-23-10-12-27-13-11-23/h1-2,4-7,14,21H,3,8-13H2. The van der Waals surface area contributed by atoms with E-state index in [1.165, 1.54) is 6.07 Å². The van der Waals surface area contributed by atoms with E-state index in [-0.39, 0.29) is 10.6 Å². The molecular formula is C20H22N4O4. The van der Waals surface area contributed by atoms with Gasteiger partial charge in [0.25, 0.3) is 5.69 Å². The SMILES string of the molecule is O=[N+]([O-])c1cc(-c2nc3ccccc3o2)ccc1NCCCN1CCOCC1. The van der Waals surface area contributed by atoms with E-state index >= 15 is 0 Å². The number of para-hydroxylation sites is 2. The van der Waals surface area contributed by atoms with Crippen LogP contribution in [0.2, 0.25) is 0 Å². The molecule has 0 amide bonds. The summed E-state index contributed by atoms with van der Waals surface area (Å²) in [6.45, 7) is 5.05. The van der Waals surface area contributed by atoms with E-state index in [0.29, 0.717) is 29.3 Å². The number of aromatic nitrogens is 1. The topological polar surface area (TPSA) is 93.7 Å². The summed E-state index contributed by atoms with van der Waals surface area (Å²) >= 11 is 0. The molecule has 1 aliphatic heterocycles. The first kappa shape index (κ1) is 18.4. The minimum Gasteiger partial charge on any atom is -0.436 e. The molecular weight excluding hydrogens is 360 g/mol. The van der Waals surface area contributed by atoms with Gasteiger partial charge in [0.05, 0.1) is 18.1 Å². The number of hydrogen-bond acceptors (Lipinski definition) is 7. The number of rotatable bonds is 7. The smallest absolute Gasteiger partial charge is 0.293 e. The highest BCUT2D eigenvalue weighted by molar-refractivity contribution is 5.77. The maximum Gasteiger partial charge on any atom is 0.293 e. The van der Waals surface area contributed by atoms with Gasteiger partial charge in [0.2, 0.25) is 5.89 Å². The van der Waals surface area contributed by atoms with E-state index in [1.807, 2.05) is 24.3 Å². The summed E-state index contributed by atoms with van der Waals surface area (Å²) in [7, 11) is 0. The highest BCUT2D eigenvalue weighted by Gasteiger charge is 2.18. The van der Waals surface area contributed by atoms with E-state index in [4.69, 9.17) is 9.15 Å². The van der Waals surface area contributed by atoms with Crippen molar-refractivity contribution < 1.29 is 14.1 Å². The molecule has 4 rings (SSSR count). The second-order valence-corrected chi connectivity index (χ2v) is 6.71. The number of benzene rings is 2. The molecule has 1 saturated heterocycles. The molecule has 0 unspecified atom stereocenters. The fourth-order valence-electron chi connectivity index (χ4n) is 3.31. The Morgan fingerprint density at radius 1 is 1.18 bits per heavy atom. The lowest BCUT2D eigenvalue weighted by Crippen LogP contribution is -2.37. The molecule has 0 saturated carbocycles. The van der Waals surface area contributed by atoms with Crippen molar-refractivity contribution in [2.75, 3.05) is 44.7 Å². The van der Waals surface area contributed by atoms with Gasteiger partial charge in [-0.3, -0.25) is 15.0 Å². The van der Waals surface area contributed by atoms with Gasteiger partial charge in [-0.1, -0.05) is 12.1 Å². The zero-order chi connectivity index (χ0) is 19.3. The maximum absolute atomic E-state index is 11.5. The molecule has 1 N–H and O–H groups in total. The second-order valence-electron chi connectivity index (χ2n) is 6.71. The predicted octanol–water partition coefficient (Wildman–Crippen LogP) is 3.54. The Morgan fingerprint density at radius 2 is 2.00 bits per heavy atom. The van der Waals surface area contributed by atoms with Crippen molar-refractivity contribution in [1.82, 2.24) is 9.88 Å². The molecule has 0 radical (unpaired) electrons. The molecule has 8 nitrogen and oxygen atoms in total. The summed E-state index contributed by atoms with van der Waals surface area (Å²) in [6.07, 6.45) is 0.907. The van der Waals surface area contributed by atoms with Crippen LogP contribution in [0.1, 0.15) is 6.42 Å². The Morgan fingerprint density at radius 3 is 2.79 bits per heavy atom. The van der Waals surface area contributed by atoms with Gasteiger partial charge in [-0.2, -0.15) is 0 Å². The Bertz CT molecular complexity index is 933. The van der Waals surface area contributed by atoms with Gasteiger partial charge in [-0.15, -0.1) is 0 Å². The molecule has 0 spiro atoms. The van der Waals surface area contributed by atoms with Crippen LogP contribution in [0, 0.1) is 10.1 Å². The largest absolute Gasteiger partial charge is 0.436 e. The average molecular weight is 382 g/mol. The molecule has 0 aliphatic carbocycles. The van der Waals surface area contributed by atoms with Crippen molar-refractivity contribution in [1.29, 1.82) is 0 Å². The van der Waals surface area contributed by atoms with Gasteiger partial charge in [0, 0.05) is 31.3 Å². The molecule has 0 bridgehead atoms. The molecule has 1 fully saturated rings. The number of nitro benzene ring substituents is 1. The molecule has 146 valence electrons. The Kier molecular flexibility index (Phi) is 5.50. The number of nitro groups is 1. The van der Waals surface area contributed by atoms with E-state index in [9.17, 15) is 10.1 Å². The van der Waals surface area contributed by atoms with Crippen molar-refractivity contribution >= 4 is 22.5 Å². The lowest BCUT2D eigenvalue weighted by atomic mass is 10.1. The van der Waals surface area contributed by atoms with E-state index in [0.717, 1.165) is 44.8 Å². The van der Waals surface area contributed by atoms with Crippen molar-refractivity contribution in [3.8, 4) is 11.5 Å². The van der Waals surface area contributed by atoms with Gasteiger partial charge < -0.3 is 14.5 Å². The monoisotopic (exact) mass is 382 g/mol. The molecule has 2 heterocycles. The van der Waals surface area contributed by atoms with Crippen molar-refractivity contribution in [3.05, 3.63) is 52.6 Å². The zero-order valence-corrected chi connectivity index (χ0v) is 15.5. The summed E-state index contributed by atoms with van der Waals surface area (Å²) in [5, 5.41) is 14.7. The maximum atomic E-state index is 11.5. The molecule has 28 heavy (non-hydrogen) atoms. The van der Waals surface area contributed by atoms with E-state index in [2.05, 4.69) is 15.2 Å². The number of anilines is 1. The van der Waals surface area contributed by atoms with Crippen LogP contribution in [0.4, 0.5) is 11.4 Å². The second kappa shape index (κ2) is 8.37. The highest BCUT2D eigenvalue weighted by Crippen LogP contribution is 2.31. The zero-order valence-electron chi connectivity index (χ0n) is 15.5. The first-order valence-electron chi connectivity index (χ1n) is 9.39. The number of hydrogen-bond donors (Lipinski definition) is 1. The molecule has 1 aliphatic rings. The number of fused-ring (bicyclic) bond motifs is 1. The van der Waals surface area contributed by atoms with Crippen LogP contribution in [-0.2, 0) is 4.74 Å². The number of nitrogens with zero attached hydrogens (tertiary/aromatic N) is 3. The number of morpholine rings is 1. The molecule has 1 aromatic heterocycles. The third kappa shape index (κ3) is 4.13. The number of ether oxygens (including phenoxy) is 1. The fraction of sp³-hybridized carbons (Fsp3) is 0.350. The Hall–Kier alpha value is -2.97. The summed E-state index contributed by atoms with van der Waals surface area (Å²) in [6, 6.07) is 12.4. The summed E-state index contributed by atoms with van der Waals surface area (Å²) in [5.74, 6) is 0.378. The molecule has 0 atom stereocenters. The van der Waals surface area contributed by atoms with Gasteiger partial charge in [0.1, 0.15) is 11.2 Å². The number of nitrogens with one attached hydrogen (secondary N) is 1. The molecule has 3 aromatic rings. The van der Waals surface area contributed by atoms with Gasteiger partial charge in [-0.25, -0.2) is 4.98 Å². The third-order valence-electron chi connectivity index (χ3n) is 4.81. The summed E-state index contributed by atoms with van der Waals surface area (Å²) < 4.78 is 11.1. The number of oxazole rings is 1. The quantitative estimate of drug-likeness (QED) is 0.379. The van der Waals surface area contributed by atoms with Crippen molar-refractivity contribution in [2.24, 2.45) is 0 Å².